The number of benzene rings is 10. The Hall–Kier alpha value is -9.40. The van der Waals surface area contributed by atoms with E-state index in [1.807, 2.05) is 60.7 Å². The van der Waals surface area contributed by atoms with E-state index < -0.39 is 0 Å². The lowest BCUT2D eigenvalue weighted by Gasteiger charge is -2.26. The molecule has 0 aliphatic carbocycles. The van der Waals surface area contributed by atoms with Crippen molar-refractivity contribution in [1.82, 2.24) is 0 Å². The van der Waals surface area contributed by atoms with Crippen LogP contribution in [-0.2, 0) is 0 Å². The summed E-state index contributed by atoms with van der Waals surface area (Å²) < 4.78 is 27.6. The Bertz CT molecular complexity index is 3160. The van der Waals surface area contributed by atoms with Gasteiger partial charge < -0.3 is 38.4 Å². The van der Waals surface area contributed by atoms with Crippen molar-refractivity contribution in [2.75, 3.05) is 50.2 Å². The second-order valence-electron chi connectivity index (χ2n) is 17.8. The first-order valence-corrected chi connectivity index (χ1v) is 24.4. The first-order chi connectivity index (χ1) is 36.3. The van der Waals surface area contributed by atoms with Crippen molar-refractivity contribution >= 4 is 51.2 Å². The Kier molecular flexibility index (Phi) is 14.3. The number of rotatable bonds is 17. The van der Waals surface area contributed by atoms with Crippen molar-refractivity contribution in [1.29, 1.82) is 0 Å². The molecule has 10 aromatic carbocycles. The molecular weight excluding hydrogens is 915 g/mol. The minimum Gasteiger partial charge on any atom is -0.497 e. The zero-order chi connectivity index (χ0) is 51.0. The van der Waals surface area contributed by atoms with Crippen LogP contribution in [0, 0.1) is 6.92 Å². The van der Waals surface area contributed by atoms with Gasteiger partial charge in [0.1, 0.15) is 28.7 Å². The molecule has 0 radical (unpaired) electrons. The summed E-state index contributed by atoms with van der Waals surface area (Å²) in [6.45, 7) is 2.11. The Balaban J connectivity index is 1.05. The van der Waals surface area contributed by atoms with E-state index >= 15 is 0 Å². The number of aryl methyl sites for hydroxylation is 1. The largest absolute Gasteiger partial charge is 0.497 e. The Morgan fingerprint density at radius 2 is 0.365 bits per heavy atom. The summed E-state index contributed by atoms with van der Waals surface area (Å²) >= 11 is 0. The monoisotopic (exact) mass is 971 g/mol. The van der Waals surface area contributed by atoms with Gasteiger partial charge in [-0.25, -0.2) is 0 Å². The quantitative estimate of drug-likeness (QED) is 0.0895. The highest BCUT2D eigenvalue weighted by atomic mass is 16.5. The van der Waals surface area contributed by atoms with Crippen LogP contribution in [0.1, 0.15) is 5.56 Å². The van der Waals surface area contributed by atoms with Gasteiger partial charge in [0.15, 0.2) is 0 Å². The summed E-state index contributed by atoms with van der Waals surface area (Å²) in [5, 5.41) is 0. The maximum Gasteiger partial charge on any atom is 0.119 e. The molecule has 0 heterocycles. The van der Waals surface area contributed by atoms with Gasteiger partial charge in [-0.1, -0.05) is 54.1 Å². The van der Waals surface area contributed by atoms with Crippen molar-refractivity contribution in [3.63, 3.8) is 0 Å². The smallest absolute Gasteiger partial charge is 0.119 e. The molecule has 0 N–H and O–H groups in total. The highest BCUT2D eigenvalue weighted by molar-refractivity contribution is 5.86. The number of hydrogen-bond acceptors (Lipinski definition) is 8. The van der Waals surface area contributed by atoms with E-state index in [-0.39, 0.29) is 0 Å². The predicted molar refractivity (Wildman–Crippen MR) is 304 cm³/mol. The molecule has 0 aliphatic rings. The molecule has 8 nitrogen and oxygen atoms in total. The van der Waals surface area contributed by atoms with Crippen molar-refractivity contribution in [3.8, 4) is 62.1 Å². The molecule has 366 valence electrons. The Labute approximate surface area is 434 Å². The van der Waals surface area contributed by atoms with Gasteiger partial charge in [0.2, 0.25) is 0 Å². The first-order valence-electron chi connectivity index (χ1n) is 24.4. The lowest BCUT2D eigenvalue weighted by atomic mass is 9.93. The van der Waals surface area contributed by atoms with Crippen LogP contribution in [-0.4, -0.2) is 35.5 Å². The van der Waals surface area contributed by atoms with Crippen molar-refractivity contribution in [3.05, 3.63) is 242 Å². The summed E-state index contributed by atoms with van der Waals surface area (Å²) in [5.74, 6) is 4.00. The van der Waals surface area contributed by atoms with Gasteiger partial charge in [0, 0.05) is 51.2 Å². The zero-order valence-electron chi connectivity index (χ0n) is 42.4. The molecule has 0 saturated heterocycles. The molecule has 0 saturated carbocycles. The fourth-order valence-electron chi connectivity index (χ4n) is 9.23. The standard InChI is InChI=1S/C66H57N3O5/c1-46-7-15-53(16-8-46)67(57-23-33-62(70-2)34-24-57)54-17-9-47(10-18-54)50-43-51(48-11-19-55(20-12-48)68(58-25-35-63(71-3)36-26-58)59-27-37-64(72-4)38-28-59)45-52(44-50)49-13-21-56(22-14-49)69(60-29-39-65(73-5)40-30-60)61-31-41-66(74-6)42-32-61/h7-45H,1-6H3. The van der Waals surface area contributed by atoms with Crippen LogP contribution < -0.4 is 38.4 Å². The molecular formula is C66H57N3O5. The van der Waals surface area contributed by atoms with Gasteiger partial charge in [-0.15, -0.1) is 0 Å². The summed E-state index contributed by atoms with van der Waals surface area (Å²) in [7, 11) is 8.44. The Morgan fingerprint density at radius 3 is 0.541 bits per heavy atom. The molecule has 0 amide bonds. The van der Waals surface area contributed by atoms with Gasteiger partial charge in [0.25, 0.3) is 0 Å². The van der Waals surface area contributed by atoms with Gasteiger partial charge in [-0.05, 0) is 228 Å². The molecule has 8 heteroatoms. The Morgan fingerprint density at radius 1 is 0.203 bits per heavy atom. The number of methoxy groups -OCH3 is 5. The molecule has 0 aliphatic heterocycles. The van der Waals surface area contributed by atoms with Crippen molar-refractivity contribution in [2.45, 2.75) is 6.92 Å². The van der Waals surface area contributed by atoms with Gasteiger partial charge >= 0.3 is 0 Å². The van der Waals surface area contributed by atoms with Crippen molar-refractivity contribution < 1.29 is 23.7 Å². The minimum atomic E-state index is 0.798. The predicted octanol–water partition coefficient (Wildman–Crippen LogP) is 17.4. The lowest BCUT2D eigenvalue weighted by Crippen LogP contribution is -2.10. The van der Waals surface area contributed by atoms with E-state index in [1.165, 1.54) is 5.56 Å². The summed E-state index contributed by atoms with van der Waals surface area (Å²) in [4.78, 5) is 6.75. The SMILES string of the molecule is COc1ccc(N(c2ccc(C)cc2)c2ccc(-c3cc(-c4ccc(N(c5ccc(OC)cc5)c5ccc(OC)cc5)cc4)cc(-c4ccc(N(c5ccc(OC)cc5)c5ccc(OC)cc5)cc4)c3)cc2)cc1. The summed E-state index contributed by atoms with van der Waals surface area (Å²) in [5.41, 5.74) is 17.0. The van der Waals surface area contributed by atoms with Crippen LogP contribution in [0.15, 0.2) is 237 Å². The van der Waals surface area contributed by atoms with E-state index in [2.05, 4.69) is 198 Å². The topological polar surface area (TPSA) is 55.9 Å². The number of ether oxygens (including phenoxy) is 5. The fourth-order valence-corrected chi connectivity index (χ4v) is 9.23. The van der Waals surface area contributed by atoms with E-state index in [0.29, 0.717) is 0 Å². The van der Waals surface area contributed by atoms with Crippen LogP contribution in [0.3, 0.4) is 0 Å². The molecule has 0 aromatic heterocycles. The van der Waals surface area contributed by atoms with E-state index in [0.717, 1.165) is 113 Å². The number of anilines is 9. The van der Waals surface area contributed by atoms with Gasteiger partial charge in [0.05, 0.1) is 35.5 Å². The maximum absolute atomic E-state index is 5.52. The van der Waals surface area contributed by atoms with Gasteiger partial charge in [-0.3, -0.25) is 0 Å². The third kappa shape index (κ3) is 10.5. The first kappa shape index (κ1) is 48.2. The zero-order valence-corrected chi connectivity index (χ0v) is 42.4. The van der Waals surface area contributed by atoms with E-state index in [4.69, 9.17) is 23.7 Å². The van der Waals surface area contributed by atoms with Gasteiger partial charge in [-0.2, -0.15) is 0 Å². The summed E-state index contributed by atoms with van der Waals surface area (Å²) in [6.07, 6.45) is 0. The minimum absolute atomic E-state index is 0.798. The number of nitrogens with zero attached hydrogens (tertiary/aromatic N) is 3. The van der Waals surface area contributed by atoms with Crippen LogP contribution in [0.25, 0.3) is 33.4 Å². The molecule has 0 unspecified atom stereocenters. The highest BCUT2D eigenvalue weighted by Gasteiger charge is 2.18. The van der Waals surface area contributed by atoms with Crippen LogP contribution in [0.2, 0.25) is 0 Å². The van der Waals surface area contributed by atoms with E-state index in [9.17, 15) is 0 Å². The van der Waals surface area contributed by atoms with Crippen LogP contribution >= 0.6 is 0 Å². The van der Waals surface area contributed by atoms with Crippen LogP contribution in [0.4, 0.5) is 51.2 Å². The average molecular weight is 972 g/mol. The molecule has 10 rings (SSSR count). The second-order valence-corrected chi connectivity index (χ2v) is 17.8. The molecule has 0 atom stereocenters. The molecule has 0 bridgehead atoms. The van der Waals surface area contributed by atoms with Crippen molar-refractivity contribution in [2.24, 2.45) is 0 Å². The second kappa shape index (κ2) is 21.9. The maximum atomic E-state index is 5.52. The third-order valence-corrected chi connectivity index (χ3v) is 13.3. The molecule has 10 aromatic rings. The fraction of sp³-hybridized carbons (Fsp3) is 0.0909. The molecule has 0 spiro atoms. The highest BCUT2D eigenvalue weighted by Crippen LogP contribution is 2.42. The lowest BCUT2D eigenvalue weighted by molar-refractivity contribution is 0.414. The molecule has 0 fully saturated rings. The third-order valence-electron chi connectivity index (χ3n) is 13.3. The normalized spacial score (nSPS) is 10.8. The average Bonchev–Trinajstić information content (AvgIpc) is 3.47. The summed E-state index contributed by atoms with van der Waals surface area (Å²) in [6, 6.07) is 82.7. The van der Waals surface area contributed by atoms with E-state index in [1.54, 1.807) is 35.5 Å². The van der Waals surface area contributed by atoms with Crippen LogP contribution in [0.5, 0.6) is 28.7 Å². The molecule has 74 heavy (non-hydrogen) atoms. The number of hydrogen-bond donors (Lipinski definition) is 0.